The van der Waals surface area contributed by atoms with Gasteiger partial charge in [0.25, 0.3) is 0 Å². The van der Waals surface area contributed by atoms with Gasteiger partial charge in [0.1, 0.15) is 6.10 Å². The molecule has 1 fully saturated rings. The predicted octanol–water partition coefficient (Wildman–Crippen LogP) is 4.86. The highest BCUT2D eigenvalue weighted by Crippen LogP contribution is 2.52. The van der Waals surface area contributed by atoms with Crippen molar-refractivity contribution < 1.29 is 9.13 Å². The third kappa shape index (κ3) is 2.07. The molecule has 1 saturated carbocycles. The molecule has 0 aliphatic heterocycles. The van der Waals surface area contributed by atoms with Gasteiger partial charge in [0.05, 0.1) is 0 Å². The van der Waals surface area contributed by atoms with Crippen molar-refractivity contribution in [3.63, 3.8) is 0 Å². The van der Waals surface area contributed by atoms with Gasteiger partial charge in [-0.25, -0.2) is 4.39 Å². The Labute approximate surface area is 117 Å². The molecule has 3 heteroatoms. The molecular formula is C15H20BrFO. The maximum Gasteiger partial charge on any atom is 0.167 e. The van der Waals surface area contributed by atoms with Gasteiger partial charge >= 0.3 is 0 Å². The first-order valence-electron chi connectivity index (χ1n) is 6.61. The first-order valence-corrected chi connectivity index (χ1v) is 7.52. The van der Waals surface area contributed by atoms with E-state index in [9.17, 15) is 4.39 Å². The molecule has 0 N–H and O–H groups in total. The van der Waals surface area contributed by atoms with E-state index in [0.717, 1.165) is 19.3 Å². The quantitative estimate of drug-likeness (QED) is 0.721. The molecular weight excluding hydrogens is 295 g/mol. The van der Waals surface area contributed by atoms with Crippen LogP contribution in [-0.4, -0.2) is 10.9 Å². The number of ether oxygens (including phenoxy) is 1. The summed E-state index contributed by atoms with van der Waals surface area (Å²) >= 11 is 3.72. The summed E-state index contributed by atoms with van der Waals surface area (Å²) in [4.78, 5) is 0.484. The van der Waals surface area contributed by atoms with Gasteiger partial charge in [0.2, 0.25) is 0 Å². The van der Waals surface area contributed by atoms with Crippen molar-refractivity contribution >= 4 is 15.9 Å². The van der Waals surface area contributed by atoms with Crippen LogP contribution < -0.4 is 4.74 Å². The van der Waals surface area contributed by atoms with Crippen molar-refractivity contribution in [1.29, 1.82) is 0 Å². The first-order chi connectivity index (χ1) is 8.55. The van der Waals surface area contributed by atoms with Crippen LogP contribution in [0.5, 0.6) is 5.75 Å². The van der Waals surface area contributed by atoms with Gasteiger partial charge in [0.15, 0.2) is 11.6 Å². The van der Waals surface area contributed by atoms with Gasteiger partial charge in [-0.15, -0.1) is 0 Å². The van der Waals surface area contributed by atoms with E-state index in [1.165, 1.54) is 0 Å². The zero-order valence-electron chi connectivity index (χ0n) is 11.2. The average Bonchev–Trinajstić information content (AvgIpc) is 2.36. The summed E-state index contributed by atoms with van der Waals surface area (Å²) in [6, 6.07) is 5.33. The van der Waals surface area contributed by atoms with Crippen LogP contribution in [0.1, 0.15) is 38.7 Å². The molecule has 1 aliphatic rings. The van der Waals surface area contributed by atoms with Crippen LogP contribution in [-0.2, 0) is 0 Å². The Kier molecular flexibility index (Phi) is 4.00. The molecule has 1 aromatic rings. The second kappa shape index (κ2) is 5.20. The Morgan fingerprint density at radius 2 is 2.06 bits per heavy atom. The molecule has 0 aromatic heterocycles. The number of benzene rings is 1. The lowest BCUT2D eigenvalue weighted by Crippen LogP contribution is -2.56. The summed E-state index contributed by atoms with van der Waals surface area (Å²) in [5.41, 5.74) is 0.789. The van der Waals surface area contributed by atoms with E-state index in [2.05, 4.69) is 29.8 Å². The average molecular weight is 315 g/mol. The normalized spacial score (nSPS) is 25.6. The summed E-state index contributed by atoms with van der Waals surface area (Å²) in [5, 5.41) is 0. The monoisotopic (exact) mass is 314 g/mol. The lowest BCUT2D eigenvalue weighted by molar-refractivity contribution is -0.0430. The fourth-order valence-electron chi connectivity index (χ4n) is 2.88. The number of aryl methyl sites for hydroxylation is 1. The lowest BCUT2D eigenvalue weighted by atomic mass is 9.62. The lowest BCUT2D eigenvalue weighted by Gasteiger charge is -2.52. The minimum atomic E-state index is -0.225. The molecule has 0 bridgehead atoms. The molecule has 18 heavy (non-hydrogen) atoms. The number of hydrogen-bond donors (Lipinski definition) is 0. The van der Waals surface area contributed by atoms with Crippen molar-refractivity contribution in [3.8, 4) is 5.75 Å². The molecule has 0 saturated heterocycles. The van der Waals surface area contributed by atoms with Crippen LogP contribution >= 0.6 is 15.9 Å². The smallest absolute Gasteiger partial charge is 0.167 e. The molecule has 1 aromatic carbocycles. The van der Waals surface area contributed by atoms with Crippen LogP contribution in [0.15, 0.2) is 18.2 Å². The third-order valence-electron chi connectivity index (χ3n) is 4.43. The Hall–Kier alpha value is -0.570. The molecule has 1 nitrogen and oxygen atoms in total. The molecule has 1 aliphatic carbocycles. The van der Waals surface area contributed by atoms with Crippen LogP contribution in [0, 0.1) is 18.2 Å². The van der Waals surface area contributed by atoms with Crippen molar-refractivity contribution in [1.82, 2.24) is 0 Å². The van der Waals surface area contributed by atoms with E-state index in [4.69, 9.17) is 4.74 Å². The van der Waals surface area contributed by atoms with Crippen molar-refractivity contribution in [2.24, 2.45) is 5.41 Å². The fourth-order valence-corrected chi connectivity index (χ4v) is 4.16. The van der Waals surface area contributed by atoms with Crippen molar-refractivity contribution in [2.45, 2.75) is 51.0 Å². The SMILES string of the molecule is CCC1(CC)C(Br)CC1Oc1cccc(C)c1F. The Morgan fingerprint density at radius 1 is 1.39 bits per heavy atom. The number of alkyl halides is 1. The van der Waals surface area contributed by atoms with Crippen molar-refractivity contribution in [3.05, 3.63) is 29.6 Å². The van der Waals surface area contributed by atoms with E-state index in [0.29, 0.717) is 16.1 Å². The van der Waals surface area contributed by atoms with Gasteiger partial charge in [-0.3, -0.25) is 0 Å². The highest BCUT2D eigenvalue weighted by atomic mass is 79.9. The number of rotatable bonds is 4. The molecule has 2 unspecified atom stereocenters. The number of halogens is 2. The van der Waals surface area contributed by atoms with Crippen molar-refractivity contribution in [2.75, 3.05) is 0 Å². The molecule has 0 amide bonds. The summed E-state index contributed by atoms with van der Waals surface area (Å²) in [6.45, 7) is 6.13. The topological polar surface area (TPSA) is 9.23 Å². The Bertz CT molecular complexity index is 429. The van der Waals surface area contributed by atoms with Gasteiger partial charge in [-0.2, -0.15) is 0 Å². The van der Waals surface area contributed by atoms with Gasteiger partial charge in [-0.1, -0.05) is 41.9 Å². The second-order valence-corrected chi connectivity index (χ2v) is 6.24. The van der Waals surface area contributed by atoms with Crippen LogP contribution in [0.25, 0.3) is 0 Å². The molecule has 0 spiro atoms. The zero-order chi connectivity index (χ0) is 13.3. The third-order valence-corrected chi connectivity index (χ3v) is 5.71. The standard InChI is InChI=1S/C15H20BrFO/c1-4-15(5-2)12(16)9-13(15)18-11-8-6-7-10(3)14(11)17/h6-8,12-13H,4-5,9H2,1-3H3. The second-order valence-electron chi connectivity index (χ2n) is 5.14. The van der Waals surface area contributed by atoms with Crippen LogP contribution in [0.4, 0.5) is 4.39 Å². The van der Waals surface area contributed by atoms with E-state index in [-0.39, 0.29) is 17.3 Å². The Balaban J connectivity index is 2.18. The predicted molar refractivity (Wildman–Crippen MR) is 75.9 cm³/mol. The zero-order valence-corrected chi connectivity index (χ0v) is 12.8. The molecule has 100 valence electrons. The molecule has 0 heterocycles. The summed E-state index contributed by atoms with van der Waals surface area (Å²) < 4.78 is 19.9. The van der Waals surface area contributed by atoms with Gasteiger partial charge in [-0.05, 0) is 37.8 Å². The summed E-state index contributed by atoms with van der Waals surface area (Å²) in [7, 11) is 0. The minimum absolute atomic E-state index is 0.119. The van der Waals surface area contributed by atoms with Gasteiger partial charge in [0, 0.05) is 10.2 Å². The first kappa shape index (κ1) is 13.9. The van der Waals surface area contributed by atoms with Crippen LogP contribution in [0.2, 0.25) is 0 Å². The van der Waals surface area contributed by atoms with E-state index in [1.54, 1.807) is 19.1 Å². The highest BCUT2D eigenvalue weighted by molar-refractivity contribution is 9.09. The summed E-state index contributed by atoms with van der Waals surface area (Å²) in [5.74, 6) is 0.169. The Morgan fingerprint density at radius 3 is 2.61 bits per heavy atom. The summed E-state index contributed by atoms with van der Waals surface area (Å²) in [6.07, 6.45) is 3.18. The molecule has 2 rings (SSSR count). The highest BCUT2D eigenvalue weighted by Gasteiger charge is 2.53. The van der Waals surface area contributed by atoms with Gasteiger partial charge < -0.3 is 4.74 Å². The van der Waals surface area contributed by atoms with E-state index < -0.39 is 0 Å². The molecule has 0 radical (unpaired) electrons. The maximum absolute atomic E-state index is 13.9. The minimum Gasteiger partial charge on any atom is -0.487 e. The molecule has 2 atom stereocenters. The maximum atomic E-state index is 13.9. The van der Waals surface area contributed by atoms with Crippen LogP contribution in [0.3, 0.4) is 0 Å². The number of hydrogen-bond acceptors (Lipinski definition) is 1. The largest absolute Gasteiger partial charge is 0.487 e. The van der Waals surface area contributed by atoms with E-state index in [1.807, 2.05) is 6.07 Å². The fraction of sp³-hybridized carbons (Fsp3) is 0.600. The van der Waals surface area contributed by atoms with E-state index >= 15 is 0 Å².